The molecule has 23 heavy (non-hydrogen) atoms. The molecule has 7 nitrogen and oxygen atoms in total. The second-order valence-corrected chi connectivity index (χ2v) is 5.72. The third-order valence-electron chi connectivity index (χ3n) is 2.88. The number of aliphatic carboxylic acids is 1. The quantitative estimate of drug-likeness (QED) is 0.312. The second-order valence-electron chi connectivity index (χ2n) is 4.56. The number of carbonyl (C=O) groups excluding carboxylic acids is 2. The fourth-order valence-electron chi connectivity index (χ4n) is 1.89. The maximum atomic E-state index is 12.0. The first-order chi connectivity index (χ1) is 10.9. The molecular weight excluding hydrogens is 415 g/mol. The summed E-state index contributed by atoms with van der Waals surface area (Å²) >= 11 is 2.09. The maximum absolute atomic E-state index is 12.0. The summed E-state index contributed by atoms with van der Waals surface area (Å²) in [5.74, 6) is -1.24. The predicted octanol–water partition coefficient (Wildman–Crippen LogP) is 1.83. The molecule has 2 N–H and O–H groups in total. The first-order valence-corrected chi connectivity index (χ1v) is 7.60. The maximum Gasteiger partial charge on any atom is 0.329 e. The Morgan fingerprint density at radius 2 is 2.17 bits per heavy atom. The fraction of sp³-hybridized carbons (Fsp3) is 0.133. The van der Waals surface area contributed by atoms with Crippen molar-refractivity contribution >= 4 is 46.6 Å². The number of imide groups is 1. The standard InChI is InChI=1S/C15H13IN2O5/c1-2-5-23-12-4-3-9(6-10(12)16)7-11-14(21)18(8-13(19)20)15(22)17-11/h2-4,6-7H,1,5,8H2,(H,17,22)(H,19,20)/b11-7+. The van der Waals surface area contributed by atoms with Crippen molar-refractivity contribution in [1.29, 1.82) is 0 Å². The van der Waals surface area contributed by atoms with Crippen molar-refractivity contribution in [2.75, 3.05) is 13.2 Å². The first-order valence-electron chi connectivity index (χ1n) is 6.52. The smallest absolute Gasteiger partial charge is 0.329 e. The van der Waals surface area contributed by atoms with Gasteiger partial charge in [-0.2, -0.15) is 0 Å². The SMILES string of the molecule is C=CCOc1ccc(/C=C2/NC(=O)N(CC(=O)O)C2=O)cc1I. The second kappa shape index (κ2) is 7.27. The number of benzene rings is 1. The molecule has 0 aromatic heterocycles. The molecule has 0 radical (unpaired) electrons. The molecule has 0 unspecified atom stereocenters. The number of hydrogen-bond donors (Lipinski definition) is 2. The highest BCUT2D eigenvalue weighted by molar-refractivity contribution is 14.1. The van der Waals surface area contributed by atoms with Crippen molar-refractivity contribution in [2.24, 2.45) is 0 Å². The number of rotatable bonds is 6. The third-order valence-corrected chi connectivity index (χ3v) is 3.72. The van der Waals surface area contributed by atoms with Gasteiger partial charge in [-0.1, -0.05) is 18.7 Å². The van der Waals surface area contributed by atoms with E-state index in [-0.39, 0.29) is 5.70 Å². The normalized spacial score (nSPS) is 15.7. The average molecular weight is 428 g/mol. The van der Waals surface area contributed by atoms with Gasteiger partial charge in [0.25, 0.3) is 5.91 Å². The Morgan fingerprint density at radius 3 is 2.78 bits per heavy atom. The number of amides is 3. The van der Waals surface area contributed by atoms with Crippen LogP contribution in [0.3, 0.4) is 0 Å². The van der Waals surface area contributed by atoms with Crippen LogP contribution < -0.4 is 10.1 Å². The lowest BCUT2D eigenvalue weighted by atomic mass is 10.2. The van der Waals surface area contributed by atoms with Gasteiger partial charge in [0.2, 0.25) is 0 Å². The summed E-state index contributed by atoms with van der Waals surface area (Å²) in [5, 5.41) is 11.1. The van der Waals surface area contributed by atoms with Gasteiger partial charge >= 0.3 is 12.0 Å². The molecule has 3 amide bonds. The number of nitrogens with one attached hydrogen (secondary N) is 1. The minimum atomic E-state index is -1.26. The Labute approximate surface area is 145 Å². The van der Waals surface area contributed by atoms with Gasteiger partial charge < -0.3 is 15.2 Å². The molecule has 1 aliphatic rings. The largest absolute Gasteiger partial charge is 0.488 e. The number of hydrogen-bond acceptors (Lipinski definition) is 4. The molecule has 8 heteroatoms. The molecule has 0 bridgehead atoms. The topological polar surface area (TPSA) is 95.9 Å². The Hall–Kier alpha value is -2.36. The Morgan fingerprint density at radius 1 is 1.43 bits per heavy atom. The Bertz CT molecular complexity index is 714. The molecule has 120 valence electrons. The van der Waals surface area contributed by atoms with Crippen molar-refractivity contribution in [2.45, 2.75) is 0 Å². The van der Waals surface area contributed by atoms with E-state index in [9.17, 15) is 14.4 Å². The minimum Gasteiger partial charge on any atom is -0.488 e. The summed E-state index contributed by atoms with van der Waals surface area (Å²) in [6.07, 6.45) is 3.12. The highest BCUT2D eigenvalue weighted by atomic mass is 127. The Kier molecular flexibility index (Phi) is 5.37. The number of halogens is 1. The summed E-state index contributed by atoms with van der Waals surface area (Å²) < 4.78 is 6.28. The van der Waals surface area contributed by atoms with Gasteiger partial charge in [0, 0.05) is 0 Å². The van der Waals surface area contributed by atoms with Crippen LogP contribution in [0.5, 0.6) is 5.75 Å². The number of ether oxygens (including phenoxy) is 1. The van der Waals surface area contributed by atoms with Gasteiger partial charge in [-0.25, -0.2) is 9.69 Å². The molecule has 2 rings (SSSR count). The highest BCUT2D eigenvalue weighted by Crippen LogP contribution is 2.24. The van der Waals surface area contributed by atoms with Crippen LogP contribution in [0.25, 0.3) is 6.08 Å². The number of urea groups is 1. The number of carboxylic acids is 1. The van der Waals surface area contributed by atoms with Gasteiger partial charge in [0.1, 0.15) is 24.6 Å². The molecule has 1 aromatic carbocycles. The van der Waals surface area contributed by atoms with E-state index in [0.717, 1.165) is 3.57 Å². The van der Waals surface area contributed by atoms with Crippen LogP contribution in [0, 0.1) is 3.57 Å². The summed E-state index contributed by atoms with van der Waals surface area (Å²) in [7, 11) is 0. The van der Waals surface area contributed by atoms with Gasteiger partial charge in [-0.3, -0.25) is 9.59 Å². The van der Waals surface area contributed by atoms with E-state index < -0.39 is 24.5 Å². The molecule has 1 fully saturated rings. The summed E-state index contributed by atoms with van der Waals surface area (Å²) in [6.45, 7) is 3.28. The molecule has 0 spiro atoms. The number of nitrogens with zero attached hydrogens (tertiary/aromatic N) is 1. The first kappa shape index (κ1) is 17.0. The molecule has 0 aliphatic carbocycles. The van der Waals surface area contributed by atoms with Crippen LogP contribution in [-0.4, -0.2) is 41.1 Å². The minimum absolute atomic E-state index is 0.0341. The van der Waals surface area contributed by atoms with Crippen LogP contribution in [0.4, 0.5) is 4.79 Å². The van der Waals surface area contributed by atoms with Gasteiger partial charge in [-0.15, -0.1) is 0 Å². The number of carboxylic acid groups (broad SMARTS) is 1. The van der Waals surface area contributed by atoms with Crippen LogP contribution in [0.1, 0.15) is 5.56 Å². The molecular formula is C15H13IN2O5. The molecule has 1 aliphatic heterocycles. The van der Waals surface area contributed by atoms with Gasteiger partial charge in [0.15, 0.2) is 0 Å². The van der Waals surface area contributed by atoms with Crippen LogP contribution in [0.15, 0.2) is 36.6 Å². The van der Waals surface area contributed by atoms with Crippen LogP contribution in [0.2, 0.25) is 0 Å². The average Bonchev–Trinajstić information content (AvgIpc) is 2.74. The van der Waals surface area contributed by atoms with Crippen molar-refractivity contribution in [3.63, 3.8) is 0 Å². The van der Waals surface area contributed by atoms with Crippen molar-refractivity contribution in [3.8, 4) is 5.75 Å². The van der Waals surface area contributed by atoms with E-state index in [1.807, 2.05) is 0 Å². The summed E-state index contributed by atoms with van der Waals surface area (Å²) in [6, 6.07) is 4.51. The summed E-state index contributed by atoms with van der Waals surface area (Å²) in [4.78, 5) is 34.9. The zero-order valence-corrected chi connectivity index (χ0v) is 14.1. The lowest BCUT2D eigenvalue weighted by Gasteiger charge is -2.07. The molecule has 0 atom stereocenters. The van der Waals surface area contributed by atoms with Crippen LogP contribution >= 0.6 is 22.6 Å². The monoisotopic (exact) mass is 428 g/mol. The fourth-order valence-corrected chi connectivity index (χ4v) is 2.58. The van der Waals surface area contributed by atoms with Gasteiger partial charge in [0.05, 0.1) is 3.57 Å². The van der Waals surface area contributed by atoms with E-state index in [2.05, 4.69) is 34.5 Å². The molecule has 0 saturated carbocycles. The molecule has 1 aromatic rings. The van der Waals surface area contributed by atoms with E-state index in [0.29, 0.717) is 22.8 Å². The van der Waals surface area contributed by atoms with E-state index in [1.165, 1.54) is 6.08 Å². The zero-order valence-electron chi connectivity index (χ0n) is 11.9. The van der Waals surface area contributed by atoms with Crippen LogP contribution in [-0.2, 0) is 9.59 Å². The summed E-state index contributed by atoms with van der Waals surface area (Å²) in [5.41, 5.74) is 0.716. The van der Waals surface area contributed by atoms with Crippen molar-refractivity contribution < 1.29 is 24.2 Å². The lowest BCUT2D eigenvalue weighted by molar-refractivity contribution is -0.140. The van der Waals surface area contributed by atoms with E-state index in [1.54, 1.807) is 24.3 Å². The lowest BCUT2D eigenvalue weighted by Crippen LogP contribution is -2.35. The molecule has 1 heterocycles. The third kappa shape index (κ3) is 4.09. The van der Waals surface area contributed by atoms with Crippen molar-refractivity contribution in [3.05, 3.63) is 45.7 Å². The van der Waals surface area contributed by atoms with Gasteiger partial charge in [-0.05, 0) is 46.4 Å². The predicted molar refractivity (Wildman–Crippen MR) is 90.7 cm³/mol. The molecule has 1 saturated heterocycles. The Balaban J connectivity index is 2.20. The number of carbonyl (C=O) groups is 3. The van der Waals surface area contributed by atoms with E-state index >= 15 is 0 Å². The zero-order chi connectivity index (χ0) is 17.0. The highest BCUT2D eigenvalue weighted by Gasteiger charge is 2.34. The van der Waals surface area contributed by atoms with E-state index in [4.69, 9.17) is 9.84 Å². The van der Waals surface area contributed by atoms with Crippen molar-refractivity contribution in [1.82, 2.24) is 10.2 Å².